The van der Waals surface area contributed by atoms with Crippen LogP contribution in [0.5, 0.6) is 0 Å². The maximum Gasteiger partial charge on any atom is 0.254 e. The molecule has 2 aromatic carbocycles. The number of halogens is 1. The van der Waals surface area contributed by atoms with Gasteiger partial charge in [0.15, 0.2) is 0 Å². The van der Waals surface area contributed by atoms with Crippen molar-refractivity contribution in [1.29, 1.82) is 0 Å². The van der Waals surface area contributed by atoms with Crippen molar-refractivity contribution in [1.82, 2.24) is 19.8 Å². The second kappa shape index (κ2) is 9.36. The highest BCUT2D eigenvalue weighted by atomic mass is 35.5. The third kappa shape index (κ3) is 4.57. The van der Waals surface area contributed by atoms with E-state index in [1.54, 1.807) is 49.6 Å². The maximum absolute atomic E-state index is 13.4. The SMILES string of the molecule is CN(C)C(=O)C1CN(c2ncccn2)CCN1C(=O)c1ccc(-c2cccc(Cl)c2)cc1. The number of hydrogen-bond donors (Lipinski definition) is 0. The van der Waals surface area contributed by atoms with E-state index in [4.69, 9.17) is 11.6 Å². The molecule has 7 nitrogen and oxygen atoms in total. The minimum Gasteiger partial charge on any atom is -0.347 e. The van der Waals surface area contributed by atoms with Crippen LogP contribution in [0.15, 0.2) is 67.0 Å². The standard InChI is InChI=1S/C24H24ClN5O2/c1-28(2)23(32)21-16-29(24-26-11-4-12-27-24)13-14-30(21)22(31)18-9-7-17(8-10-18)19-5-3-6-20(25)15-19/h3-12,15,21H,13-14,16H2,1-2H3. The Kier molecular flexibility index (Phi) is 6.37. The summed E-state index contributed by atoms with van der Waals surface area (Å²) in [6.07, 6.45) is 3.34. The third-order valence-electron chi connectivity index (χ3n) is 5.49. The quantitative estimate of drug-likeness (QED) is 0.611. The lowest BCUT2D eigenvalue weighted by Crippen LogP contribution is -2.60. The Morgan fingerprint density at radius 1 is 0.969 bits per heavy atom. The lowest BCUT2D eigenvalue weighted by atomic mass is 10.0. The van der Waals surface area contributed by atoms with Crippen LogP contribution in [-0.2, 0) is 4.79 Å². The zero-order valence-electron chi connectivity index (χ0n) is 18.0. The smallest absolute Gasteiger partial charge is 0.254 e. The number of anilines is 1. The van der Waals surface area contributed by atoms with Crippen molar-refractivity contribution in [3.8, 4) is 11.1 Å². The Labute approximate surface area is 192 Å². The summed E-state index contributed by atoms with van der Waals surface area (Å²) < 4.78 is 0. The predicted octanol–water partition coefficient (Wildman–Crippen LogP) is 3.22. The molecule has 0 bridgehead atoms. The van der Waals surface area contributed by atoms with Crippen molar-refractivity contribution >= 4 is 29.4 Å². The van der Waals surface area contributed by atoms with E-state index in [1.807, 2.05) is 41.3 Å². The summed E-state index contributed by atoms with van der Waals surface area (Å²) in [5.41, 5.74) is 2.49. The summed E-state index contributed by atoms with van der Waals surface area (Å²) >= 11 is 6.10. The number of aromatic nitrogens is 2. The number of piperazine rings is 1. The van der Waals surface area contributed by atoms with Crippen LogP contribution in [-0.4, -0.2) is 71.4 Å². The molecule has 0 saturated carbocycles. The summed E-state index contributed by atoms with van der Waals surface area (Å²) in [6.45, 7) is 1.29. The van der Waals surface area contributed by atoms with E-state index in [-0.39, 0.29) is 11.8 Å². The molecule has 1 unspecified atom stereocenters. The van der Waals surface area contributed by atoms with Crippen LogP contribution in [0.3, 0.4) is 0 Å². The molecule has 0 aliphatic carbocycles. The fourth-order valence-electron chi connectivity index (χ4n) is 3.81. The molecule has 0 radical (unpaired) electrons. The van der Waals surface area contributed by atoms with Crippen LogP contribution in [0.4, 0.5) is 5.95 Å². The van der Waals surface area contributed by atoms with Gasteiger partial charge in [-0.3, -0.25) is 9.59 Å². The molecule has 164 valence electrons. The molecule has 0 N–H and O–H groups in total. The van der Waals surface area contributed by atoms with Crippen LogP contribution in [0.25, 0.3) is 11.1 Å². The normalized spacial score (nSPS) is 16.0. The first-order valence-corrected chi connectivity index (χ1v) is 10.7. The van der Waals surface area contributed by atoms with Crippen LogP contribution in [0, 0.1) is 0 Å². The topological polar surface area (TPSA) is 69.6 Å². The van der Waals surface area contributed by atoms with E-state index >= 15 is 0 Å². The zero-order chi connectivity index (χ0) is 22.7. The first-order chi connectivity index (χ1) is 15.4. The molecule has 2 heterocycles. The molecular weight excluding hydrogens is 426 g/mol. The first-order valence-electron chi connectivity index (χ1n) is 10.3. The van der Waals surface area contributed by atoms with Crippen LogP contribution in [0.1, 0.15) is 10.4 Å². The number of likely N-dealkylation sites (N-methyl/N-ethyl adjacent to an activating group) is 1. The molecule has 1 saturated heterocycles. The number of nitrogens with zero attached hydrogens (tertiary/aromatic N) is 5. The number of carbonyl (C=O) groups excluding carboxylic acids is 2. The minimum atomic E-state index is -0.623. The Balaban J connectivity index is 1.56. The fourth-order valence-corrected chi connectivity index (χ4v) is 4.00. The van der Waals surface area contributed by atoms with Crippen molar-refractivity contribution < 1.29 is 9.59 Å². The Bertz CT molecular complexity index is 1100. The second-order valence-corrected chi connectivity index (χ2v) is 8.27. The number of hydrogen-bond acceptors (Lipinski definition) is 5. The largest absolute Gasteiger partial charge is 0.347 e. The number of rotatable bonds is 4. The minimum absolute atomic E-state index is 0.130. The van der Waals surface area contributed by atoms with Gasteiger partial charge in [-0.1, -0.05) is 35.9 Å². The van der Waals surface area contributed by atoms with E-state index in [2.05, 4.69) is 9.97 Å². The molecular formula is C24H24ClN5O2. The van der Waals surface area contributed by atoms with E-state index in [1.165, 1.54) is 4.90 Å². The van der Waals surface area contributed by atoms with Crippen molar-refractivity contribution in [2.45, 2.75) is 6.04 Å². The van der Waals surface area contributed by atoms with Gasteiger partial charge in [0.2, 0.25) is 11.9 Å². The summed E-state index contributed by atoms with van der Waals surface area (Å²) in [7, 11) is 3.39. The van der Waals surface area contributed by atoms with E-state index in [0.29, 0.717) is 36.2 Å². The Morgan fingerprint density at radius 3 is 2.34 bits per heavy atom. The molecule has 1 fully saturated rings. The Morgan fingerprint density at radius 2 is 1.69 bits per heavy atom. The molecule has 4 rings (SSSR count). The summed E-state index contributed by atoms with van der Waals surface area (Å²) in [5, 5.41) is 0.660. The van der Waals surface area contributed by atoms with Crippen LogP contribution >= 0.6 is 11.6 Å². The molecule has 1 aromatic heterocycles. The van der Waals surface area contributed by atoms with Gasteiger partial charge in [-0.05, 0) is 41.5 Å². The summed E-state index contributed by atoms with van der Waals surface area (Å²) in [6, 6.07) is 16.1. The third-order valence-corrected chi connectivity index (χ3v) is 5.73. The van der Waals surface area contributed by atoms with Crippen LogP contribution < -0.4 is 4.90 Å². The van der Waals surface area contributed by atoms with Crippen molar-refractivity contribution in [3.05, 3.63) is 77.6 Å². The number of carbonyl (C=O) groups is 2. The van der Waals surface area contributed by atoms with E-state index in [0.717, 1.165) is 11.1 Å². The lowest BCUT2D eigenvalue weighted by molar-refractivity contribution is -0.133. The predicted molar refractivity (Wildman–Crippen MR) is 125 cm³/mol. The molecule has 0 spiro atoms. The van der Waals surface area contributed by atoms with Crippen molar-refractivity contribution in [3.63, 3.8) is 0 Å². The summed E-state index contributed by atoms with van der Waals surface area (Å²) in [5.74, 6) is 0.257. The molecule has 32 heavy (non-hydrogen) atoms. The lowest BCUT2D eigenvalue weighted by Gasteiger charge is -2.41. The Hall–Kier alpha value is -3.45. The number of benzene rings is 2. The van der Waals surface area contributed by atoms with Gasteiger partial charge in [0.1, 0.15) is 6.04 Å². The van der Waals surface area contributed by atoms with E-state index < -0.39 is 6.04 Å². The van der Waals surface area contributed by atoms with Gasteiger partial charge in [-0.2, -0.15) is 0 Å². The zero-order valence-corrected chi connectivity index (χ0v) is 18.7. The summed E-state index contributed by atoms with van der Waals surface area (Å²) in [4.78, 5) is 40.0. The molecule has 1 aliphatic heterocycles. The maximum atomic E-state index is 13.4. The molecule has 2 amide bonds. The van der Waals surface area contributed by atoms with Gasteiger partial charge in [-0.15, -0.1) is 0 Å². The highest BCUT2D eigenvalue weighted by molar-refractivity contribution is 6.30. The number of amides is 2. The van der Waals surface area contributed by atoms with Gasteiger partial charge >= 0.3 is 0 Å². The first kappa shape index (κ1) is 21.8. The monoisotopic (exact) mass is 449 g/mol. The second-order valence-electron chi connectivity index (χ2n) is 7.83. The molecule has 3 aromatic rings. The highest BCUT2D eigenvalue weighted by Gasteiger charge is 2.37. The van der Waals surface area contributed by atoms with Crippen LogP contribution in [0.2, 0.25) is 5.02 Å². The van der Waals surface area contributed by atoms with E-state index in [9.17, 15) is 9.59 Å². The average Bonchev–Trinajstić information content (AvgIpc) is 2.83. The van der Waals surface area contributed by atoms with Gasteiger partial charge in [0.05, 0.1) is 6.54 Å². The van der Waals surface area contributed by atoms with Gasteiger partial charge in [0.25, 0.3) is 5.91 Å². The molecule has 1 atom stereocenters. The van der Waals surface area contributed by atoms with Crippen molar-refractivity contribution in [2.24, 2.45) is 0 Å². The van der Waals surface area contributed by atoms with Crippen molar-refractivity contribution in [2.75, 3.05) is 38.6 Å². The highest BCUT2D eigenvalue weighted by Crippen LogP contribution is 2.24. The molecule has 8 heteroatoms. The van der Waals surface area contributed by atoms with Gasteiger partial charge in [0, 0.05) is 50.2 Å². The van der Waals surface area contributed by atoms with Gasteiger partial charge < -0.3 is 14.7 Å². The van der Waals surface area contributed by atoms with Gasteiger partial charge in [-0.25, -0.2) is 9.97 Å². The fraction of sp³-hybridized carbons (Fsp3) is 0.250. The molecule has 1 aliphatic rings. The average molecular weight is 450 g/mol.